The molecule has 1 heterocycles. The lowest BCUT2D eigenvalue weighted by molar-refractivity contribution is 0.103. The summed E-state index contributed by atoms with van der Waals surface area (Å²) in [6, 6.07) is 6.68. The van der Waals surface area contributed by atoms with Crippen LogP contribution < -0.4 is 5.73 Å². The van der Waals surface area contributed by atoms with Crippen LogP contribution >= 0.6 is 0 Å². The Labute approximate surface area is 102 Å². The summed E-state index contributed by atoms with van der Waals surface area (Å²) in [5.41, 5.74) is 6.05. The first-order valence-electron chi connectivity index (χ1n) is 5.22. The number of carbonyl (C=O) groups excluding carboxylic acids is 1. The Kier molecular flexibility index (Phi) is 3.32. The average molecular weight is 248 g/mol. The van der Waals surface area contributed by atoms with E-state index in [1.165, 1.54) is 36.7 Å². The van der Waals surface area contributed by atoms with Gasteiger partial charge in [-0.3, -0.25) is 9.78 Å². The van der Waals surface area contributed by atoms with Gasteiger partial charge in [-0.2, -0.15) is 0 Å². The van der Waals surface area contributed by atoms with Crippen LogP contribution in [-0.2, 0) is 0 Å². The van der Waals surface area contributed by atoms with Crippen molar-refractivity contribution in [3.63, 3.8) is 0 Å². The van der Waals surface area contributed by atoms with E-state index in [-0.39, 0.29) is 16.8 Å². The Morgan fingerprint density at radius 3 is 2.44 bits per heavy atom. The maximum Gasteiger partial charge on any atom is 0.263 e. The third kappa shape index (κ3) is 2.34. The SMILES string of the molecule is Nc1ccc(C(F)F)cc1C(=O)c1ccncc1. The predicted molar refractivity (Wildman–Crippen MR) is 63.5 cm³/mol. The third-order valence-corrected chi connectivity index (χ3v) is 2.52. The second kappa shape index (κ2) is 4.91. The molecule has 2 aromatic rings. The molecule has 0 saturated carbocycles. The number of nitrogens with two attached hydrogens (primary N) is 1. The van der Waals surface area contributed by atoms with Crippen LogP contribution in [-0.4, -0.2) is 10.8 Å². The lowest BCUT2D eigenvalue weighted by Gasteiger charge is -2.07. The fourth-order valence-corrected chi connectivity index (χ4v) is 1.57. The summed E-state index contributed by atoms with van der Waals surface area (Å²) < 4.78 is 25.2. The van der Waals surface area contributed by atoms with Gasteiger partial charge in [-0.15, -0.1) is 0 Å². The number of hydrogen-bond donors (Lipinski definition) is 1. The van der Waals surface area contributed by atoms with E-state index in [1.807, 2.05) is 0 Å². The lowest BCUT2D eigenvalue weighted by Crippen LogP contribution is -2.06. The van der Waals surface area contributed by atoms with Crippen molar-refractivity contribution in [3.05, 3.63) is 59.4 Å². The highest BCUT2D eigenvalue weighted by Crippen LogP contribution is 2.24. The van der Waals surface area contributed by atoms with E-state index >= 15 is 0 Å². The molecule has 18 heavy (non-hydrogen) atoms. The van der Waals surface area contributed by atoms with Crippen molar-refractivity contribution in [2.75, 3.05) is 5.73 Å². The summed E-state index contributed by atoms with van der Waals surface area (Å²) in [6.45, 7) is 0. The molecule has 3 nitrogen and oxygen atoms in total. The van der Waals surface area contributed by atoms with E-state index < -0.39 is 12.2 Å². The number of nitrogens with zero attached hydrogens (tertiary/aromatic N) is 1. The Morgan fingerprint density at radius 2 is 1.83 bits per heavy atom. The van der Waals surface area contributed by atoms with Gasteiger partial charge in [0.05, 0.1) is 0 Å². The molecule has 1 aromatic carbocycles. The Morgan fingerprint density at radius 1 is 1.17 bits per heavy atom. The number of hydrogen-bond acceptors (Lipinski definition) is 3. The van der Waals surface area contributed by atoms with Gasteiger partial charge < -0.3 is 5.73 Å². The number of anilines is 1. The number of halogens is 2. The molecule has 0 atom stereocenters. The predicted octanol–water partition coefficient (Wildman–Crippen LogP) is 2.83. The summed E-state index contributed by atoms with van der Waals surface area (Å²) in [5, 5.41) is 0. The van der Waals surface area contributed by atoms with Crippen LogP contribution in [0.1, 0.15) is 27.9 Å². The van der Waals surface area contributed by atoms with Crippen molar-refractivity contribution < 1.29 is 13.6 Å². The van der Waals surface area contributed by atoms with E-state index in [0.717, 1.165) is 6.07 Å². The van der Waals surface area contributed by atoms with Crippen molar-refractivity contribution in [2.45, 2.75) is 6.43 Å². The van der Waals surface area contributed by atoms with Crippen LogP contribution in [0.25, 0.3) is 0 Å². The van der Waals surface area contributed by atoms with Gasteiger partial charge in [0.2, 0.25) is 0 Å². The fourth-order valence-electron chi connectivity index (χ4n) is 1.57. The van der Waals surface area contributed by atoms with Crippen molar-refractivity contribution in [3.8, 4) is 0 Å². The van der Waals surface area contributed by atoms with Gasteiger partial charge in [0.1, 0.15) is 0 Å². The van der Waals surface area contributed by atoms with Crippen LogP contribution in [0.3, 0.4) is 0 Å². The quantitative estimate of drug-likeness (QED) is 0.671. The molecule has 0 spiro atoms. The number of alkyl halides is 2. The zero-order valence-electron chi connectivity index (χ0n) is 9.31. The molecular weight excluding hydrogens is 238 g/mol. The zero-order valence-corrected chi connectivity index (χ0v) is 9.31. The first-order valence-corrected chi connectivity index (χ1v) is 5.22. The Balaban J connectivity index is 2.45. The Hall–Kier alpha value is -2.30. The van der Waals surface area contributed by atoms with Gasteiger partial charge in [0.25, 0.3) is 6.43 Å². The number of nitrogen functional groups attached to an aromatic ring is 1. The molecule has 0 aliphatic carbocycles. The van der Waals surface area contributed by atoms with Crippen LogP contribution in [0.15, 0.2) is 42.7 Å². The third-order valence-electron chi connectivity index (χ3n) is 2.52. The van der Waals surface area contributed by atoms with Crippen molar-refractivity contribution in [2.24, 2.45) is 0 Å². The topological polar surface area (TPSA) is 56.0 Å². The van der Waals surface area contributed by atoms with Crippen molar-refractivity contribution >= 4 is 11.5 Å². The fraction of sp³-hybridized carbons (Fsp3) is 0.0769. The average Bonchev–Trinajstić information content (AvgIpc) is 2.39. The number of pyridine rings is 1. The number of benzene rings is 1. The number of aromatic nitrogens is 1. The highest BCUT2D eigenvalue weighted by atomic mass is 19.3. The molecular formula is C13H10F2N2O. The second-order valence-corrected chi connectivity index (χ2v) is 3.71. The maximum atomic E-state index is 12.6. The minimum Gasteiger partial charge on any atom is -0.398 e. The largest absolute Gasteiger partial charge is 0.398 e. The molecule has 92 valence electrons. The van der Waals surface area contributed by atoms with Crippen molar-refractivity contribution in [1.82, 2.24) is 4.98 Å². The minimum absolute atomic E-state index is 0.0824. The summed E-state index contributed by atoms with van der Waals surface area (Å²) >= 11 is 0. The van der Waals surface area contributed by atoms with Crippen LogP contribution in [0.4, 0.5) is 14.5 Å². The molecule has 0 bridgehead atoms. The molecule has 0 saturated heterocycles. The normalized spacial score (nSPS) is 10.6. The monoisotopic (exact) mass is 248 g/mol. The highest BCUT2D eigenvalue weighted by Gasteiger charge is 2.15. The zero-order chi connectivity index (χ0) is 13.1. The van der Waals surface area contributed by atoms with E-state index in [0.29, 0.717) is 5.56 Å². The first-order chi connectivity index (χ1) is 8.59. The highest BCUT2D eigenvalue weighted by molar-refractivity contribution is 6.12. The molecule has 2 rings (SSSR count). The molecule has 2 N–H and O–H groups in total. The van der Waals surface area contributed by atoms with Crippen molar-refractivity contribution in [1.29, 1.82) is 0 Å². The lowest BCUT2D eigenvalue weighted by atomic mass is 10.0. The van der Waals surface area contributed by atoms with Crippen LogP contribution in [0.5, 0.6) is 0 Å². The number of carbonyl (C=O) groups is 1. The molecule has 0 aliphatic heterocycles. The first kappa shape index (κ1) is 12.2. The van der Waals surface area contributed by atoms with Gasteiger partial charge in [-0.05, 0) is 24.3 Å². The second-order valence-electron chi connectivity index (χ2n) is 3.71. The van der Waals surface area contributed by atoms with Gasteiger partial charge >= 0.3 is 0 Å². The molecule has 0 fully saturated rings. The number of rotatable bonds is 3. The van der Waals surface area contributed by atoms with E-state index in [1.54, 1.807) is 0 Å². The van der Waals surface area contributed by atoms with E-state index in [2.05, 4.69) is 4.98 Å². The van der Waals surface area contributed by atoms with Crippen LogP contribution in [0.2, 0.25) is 0 Å². The van der Waals surface area contributed by atoms with E-state index in [9.17, 15) is 13.6 Å². The minimum atomic E-state index is -2.63. The summed E-state index contributed by atoms with van der Waals surface area (Å²) in [5.74, 6) is -0.391. The molecule has 0 aliphatic rings. The van der Waals surface area contributed by atoms with Gasteiger partial charge in [-0.25, -0.2) is 8.78 Å². The van der Waals surface area contributed by atoms with Crippen LogP contribution in [0, 0.1) is 0 Å². The molecule has 1 aromatic heterocycles. The standard InChI is InChI=1S/C13H10F2N2O/c14-13(15)9-1-2-11(16)10(7-9)12(18)8-3-5-17-6-4-8/h1-7,13H,16H2. The molecule has 0 unspecified atom stereocenters. The summed E-state index contributed by atoms with van der Waals surface area (Å²) in [4.78, 5) is 15.9. The number of ketones is 1. The maximum absolute atomic E-state index is 12.6. The smallest absolute Gasteiger partial charge is 0.263 e. The van der Waals surface area contributed by atoms with Gasteiger partial charge in [0, 0.05) is 34.8 Å². The summed E-state index contributed by atoms with van der Waals surface area (Å²) in [7, 11) is 0. The van der Waals surface area contributed by atoms with Gasteiger partial charge in [-0.1, -0.05) is 6.07 Å². The molecule has 5 heteroatoms. The summed E-state index contributed by atoms with van der Waals surface area (Å²) in [6.07, 6.45) is 0.287. The molecule has 0 amide bonds. The van der Waals surface area contributed by atoms with Gasteiger partial charge in [0.15, 0.2) is 5.78 Å². The Bertz CT molecular complexity index is 570. The van der Waals surface area contributed by atoms with E-state index in [4.69, 9.17) is 5.73 Å². The molecule has 0 radical (unpaired) electrons.